The van der Waals surface area contributed by atoms with Gasteiger partial charge in [-0.25, -0.2) is 4.99 Å². The van der Waals surface area contributed by atoms with Gasteiger partial charge in [0.25, 0.3) is 0 Å². The van der Waals surface area contributed by atoms with Crippen LogP contribution in [-0.2, 0) is 19.4 Å². The number of aromatic nitrogens is 1. The summed E-state index contributed by atoms with van der Waals surface area (Å²) in [5, 5.41) is 10.8. The van der Waals surface area contributed by atoms with Gasteiger partial charge >= 0.3 is 0 Å². The Hall–Kier alpha value is -1.17. The topological polar surface area (TPSA) is 62.5 Å². The highest BCUT2D eigenvalue weighted by atomic mass is 32.2. The van der Waals surface area contributed by atoms with Crippen LogP contribution in [0.15, 0.2) is 9.52 Å². The van der Waals surface area contributed by atoms with Gasteiger partial charge in [-0.2, -0.15) is 11.8 Å². The molecule has 1 aromatic heterocycles. The summed E-state index contributed by atoms with van der Waals surface area (Å²) in [6.45, 7) is 8.70. The Morgan fingerprint density at radius 3 is 2.64 bits per heavy atom. The van der Waals surface area contributed by atoms with Gasteiger partial charge in [0.05, 0.1) is 12.2 Å². The normalized spacial score (nSPS) is 11.7. The third-order valence-corrected chi connectivity index (χ3v) is 4.11. The van der Waals surface area contributed by atoms with E-state index >= 15 is 0 Å². The Labute approximate surface area is 138 Å². The second kappa shape index (κ2) is 11.4. The van der Waals surface area contributed by atoms with Gasteiger partial charge < -0.3 is 15.2 Å². The Bertz CT molecular complexity index is 424. The Kier molecular flexibility index (Phi) is 9.79. The number of rotatable bonds is 10. The van der Waals surface area contributed by atoms with Gasteiger partial charge in [-0.05, 0) is 38.2 Å². The Morgan fingerprint density at radius 1 is 1.18 bits per heavy atom. The first kappa shape index (κ1) is 18.9. The summed E-state index contributed by atoms with van der Waals surface area (Å²) in [6.07, 6.45) is 6.29. The molecule has 0 saturated carbocycles. The molecule has 1 rings (SSSR count). The maximum absolute atomic E-state index is 5.39. The summed E-state index contributed by atoms with van der Waals surface area (Å²) in [4.78, 5) is 4.68. The number of hydrogen-bond donors (Lipinski definition) is 2. The molecular weight excluding hydrogens is 296 g/mol. The molecule has 0 unspecified atom stereocenters. The third-order valence-electron chi connectivity index (χ3n) is 3.41. The molecule has 0 aliphatic carbocycles. The summed E-state index contributed by atoms with van der Waals surface area (Å²) in [7, 11) is 0. The lowest BCUT2D eigenvalue weighted by Crippen LogP contribution is -2.37. The highest BCUT2D eigenvalue weighted by molar-refractivity contribution is 7.98. The van der Waals surface area contributed by atoms with Crippen LogP contribution in [0, 0.1) is 0 Å². The molecule has 1 aromatic rings. The van der Waals surface area contributed by atoms with E-state index in [4.69, 9.17) is 4.52 Å². The number of guanidine groups is 1. The smallest absolute Gasteiger partial charge is 0.191 e. The van der Waals surface area contributed by atoms with E-state index in [0.29, 0.717) is 6.54 Å². The molecule has 2 N–H and O–H groups in total. The molecule has 0 spiro atoms. The molecule has 0 bridgehead atoms. The van der Waals surface area contributed by atoms with Crippen LogP contribution in [0.4, 0.5) is 0 Å². The van der Waals surface area contributed by atoms with Crippen molar-refractivity contribution in [3.05, 3.63) is 17.0 Å². The van der Waals surface area contributed by atoms with Crippen LogP contribution >= 0.6 is 11.8 Å². The number of thioether (sulfide) groups is 1. The standard InChI is InChI=1S/C16H30N4OS/c1-5-14-13(15(6-2)21-20-14)12-19-16(17-7-3)18-10-8-9-11-22-4/h5-12H2,1-4H3,(H2,17,18,19). The van der Waals surface area contributed by atoms with Crippen molar-refractivity contribution in [3.8, 4) is 0 Å². The van der Waals surface area contributed by atoms with E-state index in [1.165, 1.54) is 18.6 Å². The zero-order valence-electron chi connectivity index (χ0n) is 14.4. The average molecular weight is 327 g/mol. The van der Waals surface area contributed by atoms with E-state index in [-0.39, 0.29) is 0 Å². The lowest BCUT2D eigenvalue weighted by Gasteiger charge is -2.11. The number of hydrogen-bond acceptors (Lipinski definition) is 4. The van der Waals surface area contributed by atoms with Crippen molar-refractivity contribution in [2.45, 2.75) is 53.0 Å². The summed E-state index contributed by atoms with van der Waals surface area (Å²) >= 11 is 1.90. The first-order valence-electron chi connectivity index (χ1n) is 8.24. The number of nitrogens with zero attached hydrogens (tertiary/aromatic N) is 2. The minimum atomic E-state index is 0.621. The second-order valence-corrected chi connectivity index (χ2v) is 6.05. The van der Waals surface area contributed by atoms with Crippen molar-refractivity contribution in [1.29, 1.82) is 0 Å². The van der Waals surface area contributed by atoms with Crippen LogP contribution in [0.3, 0.4) is 0 Å². The molecule has 0 saturated heterocycles. The first-order chi connectivity index (χ1) is 10.8. The number of unbranched alkanes of at least 4 members (excludes halogenated alkanes) is 1. The molecule has 0 aliphatic rings. The molecule has 22 heavy (non-hydrogen) atoms. The summed E-state index contributed by atoms with van der Waals surface area (Å²) < 4.78 is 5.39. The molecule has 0 atom stereocenters. The van der Waals surface area contributed by atoms with Crippen LogP contribution in [0.1, 0.15) is 50.6 Å². The average Bonchev–Trinajstić information content (AvgIpc) is 2.94. The Balaban J connectivity index is 2.59. The fourth-order valence-corrected chi connectivity index (χ4v) is 2.69. The fourth-order valence-electron chi connectivity index (χ4n) is 2.19. The maximum atomic E-state index is 5.39. The van der Waals surface area contributed by atoms with Gasteiger partial charge in [0.15, 0.2) is 5.96 Å². The van der Waals surface area contributed by atoms with E-state index in [1.807, 2.05) is 11.8 Å². The highest BCUT2D eigenvalue weighted by Gasteiger charge is 2.12. The van der Waals surface area contributed by atoms with Crippen LogP contribution in [0.25, 0.3) is 0 Å². The van der Waals surface area contributed by atoms with Crippen molar-refractivity contribution in [1.82, 2.24) is 15.8 Å². The van der Waals surface area contributed by atoms with Gasteiger partial charge in [0.1, 0.15) is 5.76 Å². The zero-order valence-corrected chi connectivity index (χ0v) is 15.2. The van der Waals surface area contributed by atoms with Gasteiger partial charge in [-0.3, -0.25) is 0 Å². The molecule has 126 valence electrons. The van der Waals surface area contributed by atoms with E-state index in [0.717, 1.165) is 48.9 Å². The fraction of sp³-hybridized carbons (Fsp3) is 0.750. The van der Waals surface area contributed by atoms with E-state index in [2.05, 4.69) is 47.8 Å². The molecule has 0 radical (unpaired) electrons. The third kappa shape index (κ3) is 6.30. The quantitative estimate of drug-likeness (QED) is 0.393. The van der Waals surface area contributed by atoms with E-state index in [1.54, 1.807) is 0 Å². The SMILES string of the molecule is CCNC(=NCc1c(CC)noc1CC)NCCCCSC. The van der Waals surface area contributed by atoms with Crippen LogP contribution in [-0.4, -0.2) is 36.2 Å². The second-order valence-electron chi connectivity index (χ2n) is 5.06. The van der Waals surface area contributed by atoms with Crippen molar-refractivity contribution in [2.75, 3.05) is 25.1 Å². The van der Waals surface area contributed by atoms with Gasteiger partial charge in [-0.15, -0.1) is 0 Å². The van der Waals surface area contributed by atoms with Crippen molar-refractivity contribution in [3.63, 3.8) is 0 Å². The molecule has 0 aromatic carbocycles. The minimum Gasteiger partial charge on any atom is -0.361 e. The van der Waals surface area contributed by atoms with Crippen molar-refractivity contribution < 1.29 is 4.52 Å². The van der Waals surface area contributed by atoms with Gasteiger partial charge in [0.2, 0.25) is 0 Å². The van der Waals surface area contributed by atoms with Crippen LogP contribution < -0.4 is 10.6 Å². The zero-order chi connectivity index (χ0) is 16.2. The van der Waals surface area contributed by atoms with Gasteiger partial charge in [-0.1, -0.05) is 19.0 Å². The molecule has 1 heterocycles. The van der Waals surface area contributed by atoms with Gasteiger partial charge in [0, 0.05) is 25.1 Å². The molecule has 0 fully saturated rings. The maximum Gasteiger partial charge on any atom is 0.191 e. The molecule has 0 amide bonds. The number of aliphatic imine (C=N–C) groups is 1. The van der Waals surface area contributed by atoms with E-state index in [9.17, 15) is 0 Å². The molecule has 5 nitrogen and oxygen atoms in total. The monoisotopic (exact) mass is 326 g/mol. The number of aryl methyl sites for hydroxylation is 2. The highest BCUT2D eigenvalue weighted by Crippen LogP contribution is 2.16. The number of nitrogens with one attached hydrogen (secondary N) is 2. The summed E-state index contributed by atoms with van der Waals surface area (Å²) in [6, 6.07) is 0. The molecular formula is C16H30N4OS. The summed E-state index contributed by atoms with van der Waals surface area (Å²) in [5.74, 6) is 3.05. The first-order valence-corrected chi connectivity index (χ1v) is 9.63. The lowest BCUT2D eigenvalue weighted by atomic mass is 10.1. The van der Waals surface area contributed by atoms with Crippen molar-refractivity contribution >= 4 is 17.7 Å². The Morgan fingerprint density at radius 2 is 2.00 bits per heavy atom. The predicted octanol–water partition coefficient (Wildman–Crippen LogP) is 3.00. The lowest BCUT2D eigenvalue weighted by molar-refractivity contribution is 0.380. The predicted molar refractivity (Wildman–Crippen MR) is 95.7 cm³/mol. The molecule has 0 aliphatic heterocycles. The largest absolute Gasteiger partial charge is 0.361 e. The minimum absolute atomic E-state index is 0.621. The van der Waals surface area contributed by atoms with Crippen molar-refractivity contribution in [2.24, 2.45) is 4.99 Å². The summed E-state index contributed by atoms with van der Waals surface area (Å²) in [5.41, 5.74) is 2.17. The molecule has 6 heteroatoms. The van der Waals surface area contributed by atoms with E-state index < -0.39 is 0 Å². The van der Waals surface area contributed by atoms with Crippen LogP contribution in [0.2, 0.25) is 0 Å². The van der Waals surface area contributed by atoms with Crippen LogP contribution in [0.5, 0.6) is 0 Å².